The molecule has 0 saturated heterocycles. The van der Waals surface area contributed by atoms with E-state index in [1.54, 1.807) is 0 Å². The molecule has 0 aromatic rings. The zero-order valence-corrected chi connectivity index (χ0v) is 8.49. The summed E-state index contributed by atoms with van der Waals surface area (Å²) in [5.41, 5.74) is 5.66. The predicted octanol–water partition coefficient (Wildman–Crippen LogP) is 1.13. The Labute approximate surface area is 72.0 Å². The highest BCUT2D eigenvalue weighted by Gasteiger charge is 2.07. The molecule has 2 atom stereocenters. The van der Waals surface area contributed by atoms with Gasteiger partial charge in [-0.3, -0.25) is 4.21 Å². The normalized spacial score (nSPS) is 16.8. The van der Waals surface area contributed by atoms with E-state index in [1.807, 2.05) is 6.92 Å². The van der Waals surface area contributed by atoms with Crippen LogP contribution in [0.5, 0.6) is 0 Å². The highest BCUT2D eigenvalue weighted by atomic mass is 32.2. The van der Waals surface area contributed by atoms with Gasteiger partial charge in [-0.05, 0) is 12.3 Å². The lowest BCUT2D eigenvalue weighted by Gasteiger charge is -2.09. The summed E-state index contributed by atoms with van der Waals surface area (Å²) in [6.07, 6.45) is 0.920. The fourth-order valence-electron chi connectivity index (χ4n) is 0.796. The highest BCUT2D eigenvalue weighted by Crippen LogP contribution is 1.98. The molecule has 11 heavy (non-hydrogen) atoms. The van der Waals surface area contributed by atoms with Crippen LogP contribution in [0.15, 0.2) is 0 Å². The molecule has 0 radical (unpaired) electrons. The summed E-state index contributed by atoms with van der Waals surface area (Å²) in [6, 6.07) is 0.120. The molecule has 0 aliphatic carbocycles. The molecule has 0 aromatic heterocycles. The number of nitrogens with two attached hydrogens (primary N) is 1. The number of hydrogen-bond acceptors (Lipinski definition) is 2. The first-order valence-corrected chi connectivity index (χ1v) is 5.65. The van der Waals surface area contributed by atoms with Crippen molar-refractivity contribution in [3.63, 3.8) is 0 Å². The summed E-state index contributed by atoms with van der Waals surface area (Å²) in [4.78, 5) is 0. The molecule has 2 unspecified atom stereocenters. The molecule has 2 nitrogen and oxygen atoms in total. The first kappa shape index (κ1) is 11.1. The zero-order chi connectivity index (χ0) is 8.85. The maximum Gasteiger partial charge on any atom is 0.0386 e. The van der Waals surface area contributed by atoms with Crippen molar-refractivity contribution < 1.29 is 4.21 Å². The van der Waals surface area contributed by atoms with Crippen LogP contribution in [-0.4, -0.2) is 21.8 Å². The number of rotatable bonds is 5. The van der Waals surface area contributed by atoms with Gasteiger partial charge >= 0.3 is 0 Å². The molecular weight excluding hydrogens is 158 g/mol. The van der Waals surface area contributed by atoms with Gasteiger partial charge in [0.2, 0.25) is 0 Å². The van der Waals surface area contributed by atoms with Crippen LogP contribution in [0.3, 0.4) is 0 Å². The molecule has 0 amide bonds. The van der Waals surface area contributed by atoms with Crippen molar-refractivity contribution in [1.82, 2.24) is 0 Å². The molecule has 0 fully saturated rings. The minimum Gasteiger partial charge on any atom is -0.327 e. The van der Waals surface area contributed by atoms with Crippen LogP contribution in [0.4, 0.5) is 0 Å². The minimum absolute atomic E-state index is 0.120. The Morgan fingerprint density at radius 2 is 1.91 bits per heavy atom. The van der Waals surface area contributed by atoms with Crippen molar-refractivity contribution in [3.05, 3.63) is 0 Å². The SMILES string of the molecule is CCC(N)CS(=O)CC(C)C. The van der Waals surface area contributed by atoms with Crippen LogP contribution in [-0.2, 0) is 10.8 Å². The summed E-state index contributed by atoms with van der Waals surface area (Å²) in [6.45, 7) is 6.18. The van der Waals surface area contributed by atoms with E-state index in [0.29, 0.717) is 11.7 Å². The van der Waals surface area contributed by atoms with Gasteiger partial charge < -0.3 is 5.73 Å². The van der Waals surface area contributed by atoms with Gasteiger partial charge in [0.15, 0.2) is 0 Å². The maximum atomic E-state index is 11.3. The monoisotopic (exact) mass is 177 g/mol. The van der Waals surface area contributed by atoms with E-state index in [9.17, 15) is 4.21 Å². The highest BCUT2D eigenvalue weighted by molar-refractivity contribution is 7.85. The van der Waals surface area contributed by atoms with Crippen LogP contribution in [0.25, 0.3) is 0 Å². The van der Waals surface area contributed by atoms with E-state index in [4.69, 9.17) is 5.73 Å². The molecule has 0 spiro atoms. The van der Waals surface area contributed by atoms with Gasteiger partial charge in [0, 0.05) is 28.3 Å². The zero-order valence-electron chi connectivity index (χ0n) is 7.67. The molecule has 0 saturated carbocycles. The van der Waals surface area contributed by atoms with E-state index in [2.05, 4.69) is 13.8 Å². The molecule has 0 bridgehead atoms. The lowest BCUT2D eigenvalue weighted by atomic mass is 10.3. The van der Waals surface area contributed by atoms with E-state index in [0.717, 1.165) is 12.2 Å². The molecule has 68 valence electrons. The summed E-state index contributed by atoms with van der Waals surface area (Å²) in [7, 11) is -0.705. The Bertz CT molecular complexity index is 125. The van der Waals surface area contributed by atoms with Crippen molar-refractivity contribution in [2.45, 2.75) is 33.2 Å². The molecule has 0 rings (SSSR count). The largest absolute Gasteiger partial charge is 0.327 e. The summed E-state index contributed by atoms with van der Waals surface area (Å²) in [5.74, 6) is 1.96. The third-order valence-electron chi connectivity index (χ3n) is 1.44. The Kier molecular flexibility index (Phi) is 5.78. The fourth-order valence-corrected chi connectivity index (χ4v) is 2.39. The van der Waals surface area contributed by atoms with Crippen molar-refractivity contribution >= 4 is 10.8 Å². The van der Waals surface area contributed by atoms with Gasteiger partial charge in [0.1, 0.15) is 0 Å². The first-order chi connectivity index (χ1) is 5.06. The van der Waals surface area contributed by atoms with Gasteiger partial charge in [0.25, 0.3) is 0 Å². The Hall–Kier alpha value is 0.110. The lowest BCUT2D eigenvalue weighted by Crippen LogP contribution is -2.27. The Morgan fingerprint density at radius 1 is 1.36 bits per heavy atom. The van der Waals surface area contributed by atoms with Gasteiger partial charge in [-0.15, -0.1) is 0 Å². The van der Waals surface area contributed by atoms with Crippen molar-refractivity contribution in [1.29, 1.82) is 0 Å². The maximum absolute atomic E-state index is 11.3. The molecule has 0 heterocycles. The van der Waals surface area contributed by atoms with E-state index >= 15 is 0 Å². The smallest absolute Gasteiger partial charge is 0.0386 e. The van der Waals surface area contributed by atoms with Crippen LogP contribution in [0.1, 0.15) is 27.2 Å². The molecule has 2 N–H and O–H groups in total. The van der Waals surface area contributed by atoms with Gasteiger partial charge in [-0.2, -0.15) is 0 Å². The van der Waals surface area contributed by atoms with Crippen molar-refractivity contribution in [2.75, 3.05) is 11.5 Å². The third-order valence-corrected chi connectivity index (χ3v) is 3.28. The second kappa shape index (κ2) is 5.72. The van der Waals surface area contributed by atoms with Crippen molar-refractivity contribution in [2.24, 2.45) is 11.7 Å². The van der Waals surface area contributed by atoms with Gasteiger partial charge in [-0.25, -0.2) is 0 Å². The molecular formula is C8H19NOS. The third kappa shape index (κ3) is 6.51. The van der Waals surface area contributed by atoms with Crippen LogP contribution < -0.4 is 5.73 Å². The topological polar surface area (TPSA) is 43.1 Å². The molecule has 0 aromatic carbocycles. The Morgan fingerprint density at radius 3 is 2.27 bits per heavy atom. The quantitative estimate of drug-likeness (QED) is 0.684. The van der Waals surface area contributed by atoms with Crippen molar-refractivity contribution in [3.8, 4) is 0 Å². The van der Waals surface area contributed by atoms with Gasteiger partial charge in [-0.1, -0.05) is 20.8 Å². The van der Waals surface area contributed by atoms with Crippen LogP contribution in [0, 0.1) is 5.92 Å². The number of hydrogen-bond donors (Lipinski definition) is 1. The second-order valence-electron chi connectivity index (χ2n) is 3.34. The summed E-state index contributed by atoms with van der Waals surface area (Å²) < 4.78 is 11.3. The first-order valence-electron chi connectivity index (χ1n) is 4.16. The average Bonchev–Trinajstić information content (AvgIpc) is 1.85. The minimum atomic E-state index is -0.705. The summed E-state index contributed by atoms with van der Waals surface area (Å²) in [5, 5.41) is 0. The van der Waals surface area contributed by atoms with E-state index in [1.165, 1.54) is 0 Å². The molecule has 0 aliphatic heterocycles. The second-order valence-corrected chi connectivity index (χ2v) is 4.88. The molecule has 3 heteroatoms. The lowest BCUT2D eigenvalue weighted by molar-refractivity contribution is 0.648. The summed E-state index contributed by atoms with van der Waals surface area (Å²) >= 11 is 0. The molecule has 0 aliphatic rings. The fraction of sp³-hybridized carbons (Fsp3) is 1.00. The Balaban J connectivity index is 3.52. The standard InChI is InChI=1S/C8H19NOS/c1-4-8(9)6-11(10)5-7(2)3/h7-8H,4-6,9H2,1-3H3. The average molecular weight is 177 g/mol. The van der Waals surface area contributed by atoms with Crippen LogP contribution >= 0.6 is 0 Å². The predicted molar refractivity (Wildman–Crippen MR) is 51.0 cm³/mol. The van der Waals surface area contributed by atoms with E-state index < -0.39 is 10.8 Å². The van der Waals surface area contributed by atoms with Gasteiger partial charge in [0.05, 0.1) is 0 Å². The van der Waals surface area contributed by atoms with Crippen LogP contribution in [0.2, 0.25) is 0 Å². The van der Waals surface area contributed by atoms with E-state index in [-0.39, 0.29) is 6.04 Å².